The average molecular weight is 379 g/mol. The molecule has 3 aromatic rings. The van der Waals surface area contributed by atoms with E-state index < -0.39 is 5.24 Å². The predicted octanol–water partition coefficient (Wildman–Crippen LogP) is 5.50. The molecule has 0 amide bonds. The second kappa shape index (κ2) is 7.53. The quantitative estimate of drug-likeness (QED) is 0.445. The van der Waals surface area contributed by atoms with E-state index in [2.05, 4.69) is 0 Å². The maximum atomic E-state index is 12.7. The third kappa shape index (κ3) is 3.60. The lowest BCUT2D eigenvalue weighted by Gasteiger charge is -2.25. The van der Waals surface area contributed by atoms with Crippen molar-refractivity contribution in [2.45, 2.75) is 25.2 Å². The van der Waals surface area contributed by atoms with Crippen molar-refractivity contribution >= 4 is 33.6 Å². The van der Waals surface area contributed by atoms with Crippen molar-refractivity contribution < 1.29 is 14.3 Å². The maximum Gasteiger partial charge on any atom is 0.338 e. The molecule has 0 fully saturated rings. The standard InChI is InChI=1S/C23H19ClO3/c24-22(25)17-11-12-19-16(13-17)7-3-8-18(19)14-27-23(26)21-10-4-6-15-5-1-2-9-20(15)21/h1-2,4-6,9-13,18H,3,7-8,14H2/t18-/m0/s1. The van der Waals surface area contributed by atoms with Crippen molar-refractivity contribution in [1.29, 1.82) is 0 Å². The molecule has 0 radical (unpaired) electrons. The van der Waals surface area contributed by atoms with Crippen LogP contribution in [0.15, 0.2) is 60.7 Å². The molecule has 0 aliphatic heterocycles. The fourth-order valence-electron chi connectivity index (χ4n) is 3.87. The molecular weight excluding hydrogens is 360 g/mol. The fraction of sp³-hybridized carbons (Fsp3) is 0.217. The van der Waals surface area contributed by atoms with Crippen molar-refractivity contribution in [3.63, 3.8) is 0 Å². The third-order valence-corrected chi connectivity index (χ3v) is 5.45. The highest BCUT2D eigenvalue weighted by molar-refractivity contribution is 6.67. The van der Waals surface area contributed by atoms with Gasteiger partial charge in [0.05, 0.1) is 12.2 Å². The normalized spacial score (nSPS) is 16.0. The Kier molecular flexibility index (Phi) is 4.95. The number of rotatable bonds is 4. The second-order valence-electron chi connectivity index (χ2n) is 6.90. The topological polar surface area (TPSA) is 43.4 Å². The number of carbonyl (C=O) groups excluding carboxylic acids is 2. The summed E-state index contributed by atoms with van der Waals surface area (Å²) < 4.78 is 5.68. The summed E-state index contributed by atoms with van der Waals surface area (Å²) in [6, 6.07) is 19.0. The van der Waals surface area contributed by atoms with Gasteiger partial charge in [-0.15, -0.1) is 0 Å². The molecule has 0 unspecified atom stereocenters. The monoisotopic (exact) mass is 378 g/mol. The Morgan fingerprint density at radius 1 is 1.04 bits per heavy atom. The van der Waals surface area contributed by atoms with Gasteiger partial charge >= 0.3 is 5.97 Å². The van der Waals surface area contributed by atoms with Crippen LogP contribution >= 0.6 is 11.6 Å². The highest BCUT2D eigenvalue weighted by Crippen LogP contribution is 2.33. The largest absolute Gasteiger partial charge is 0.461 e. The molecule has 0 spiro atoms. The Hall–Kier alpha value is -2.65. The van der Waals surface area contributed by atoms with Crippen LogP contribution in [0.5, 0.6) is 0 Å². The number of halogens is 1. The van der Waals surface area contributed by atoms with E-state index in [4.69, 9.17) is 16.3 Å². The van der Waals surface area contributed by atoms with Crippen molar-refractivity contribution in [3.8, 4) is 0 Å². The van der Waals surface area contributed by atoms with Crippen molar-refractivity contribution in [3.05, 3.63) is 82.9 Å². The van der Waals surface area contributed by atoms with Crippen LogP contribution < -0.4 is 0 Å². The van der Waals surface area contributed by atoms with Gasteiger partial charge in [-0.05, 0) is 71.0 Å². The highest BCUT2D eigenvalue weighted by atomic mass is 35.5. The Bertz CT molecular complexity index is 1020. The summed E-state index contributed by atoms with van der Waals surface area (Å²) >= 11 is 5.59. The van der Waals surface area contributed by atoms with Crippen LogP contribution in [0.4, 0.5) is 0 Å². The van der Waals surface area contributed by atoms with Gasteiger partial charge in [-0.1, -0.05) is 42.5 Å². The number of hydrogen-bond donors (Lipinski definition) is 0. The molecule has 0 aromatic heterocycles. The first-order valence-electron chi connectivity index (χ1n) is 9.11. The average Bonchev–Trinajstić information content (AvgIpc) is 2.71. The smallest absolute Gasteiger partial charge is 0.338 e. The summed E-state index contributed by atoms with van der Waals surface area (Å²) in [7, 11) is 0. The van der Waals surface area contributed by atoms with Crippen LogP contribution in [0.1, 0.15) is 50.6 Å². The molecule has 4 heteroatoms. The summed E-state index contributed by atoms with van der Waals surface area (Å²) in [5.74, 6) is -0.154. The van der Waals surface area contributed by atoms with E-state index in [1.165, 1.54) is 0 Å². The molecule has 0 saturated carbocycles. The van der Waals surface area contributed by atoms with Crippen molar-refractivity contribution in [2.75, 3.05) is 6.61 Å². The minimum absolute atomic E-state index is 0.146. The summed E-state index contributed by atoms with van der Waals surface area (Å²) in [6.07, 6.45) is 2.88. The Balaban J connectivity index is 1.53. The molecule has 0 saturated heterocycles. The molecule has 0 N–H and O–H groups in total. The molecule has 1 atom stereocenters. The number of carbonyl (C=O) groups is 2. The minimum Gasteiger partial charge on any atom is -0.461 e. The fourth-order valence-corrected chi connectivity index (χ4v) is 3.99. The molecule has 1 aliphatic rings. The first kappa shape index (κ1) is 17.7. The van der Waals surface area contributed by atoms with E-state index in [0.29, 0.717) is 17.7 Å². The summed E-state index contributed by atoms with van der Waals surface area (Å²) in [5.41, 5.74) is 3.38. The van der Waals surface area contributed by atoms with E-state index in [1.807, 2.05) is 48.5 Å². The van der Waals surface area contributed by atoms with Crippen LogP contribution in [-0.2, 0) is 11.2 Å². The summed E-state index contributed by atoms with van der Waals surface area (Å²) in [6.45, 7) is 0.337. The Labute approximate surface area is 162 Å². The van der Waals surface area contributed by atoms with Crippen LogP contribution in [-0.4, -0.2) is 17.8 Å². The van der Waals surface area contributed by atoms with E-state index >= 15 is 0 Å². The van der Waals surface area contributed by atoms with Crippen molar-refractivity contribution in [1.82, 2.24) is 0 Å². The van der Waals surface area contributed by atoms with Gasteiger partial charge in [0.15, 0.2) is 0 Å². The minimum atomic E-state index is -0.442. The van der Waals surface area contributed by atoms with Gasteiger partial charge in [-0.3, -0.25) is 4.79 Å². The van der Waals surface area contributed by atoms with Crippen LogP contribution in [0.25, 0.3) is 10.8 Å². The van der Waals surface area contributed by atoms with Gasteiger partial charge < -0.3 is 4.74 Å². The molecule has 1 aliphatic carbocycles. The number of fused-ring (bicyclic) bond motifs is 2. The van der Waals surface area contributed by atoms with E-state index in [-0.39, 0.29) is 11.9 Å². The lowest BCUT2D eigenvalue weighted by molar-refractivity contribution is 0.0474. The first-order chi connectivity index (χ1) is 13.1. The van der Waals surface area contributed by atoms with E-state index in [0.717, 1.165) is 41.2 Å². The predicted molar refractivity (Wildman–Crippen MR) is 107 cm³/mol. The highest BCUT2D eigenvalue weighted by Gasteiger charge is 2.23. The molecule has 27 heavy (non-hydrogen) atoms. The molecule has 4 rings (SSSR count). The number of aryl methyl sites for hydroxylation is 1. The zero-order valence-electron chi connectivity index (χ0n) is 14.8. The second-order valence-corrected chi connectivity index (χ2v) is 7.24. The lowest BCUT2D eigenvalue weighted by atomic mass is 9.82. The first-order valence-corrected chi connectivity index (χ1v) is 9.49. The van der Waals surface area contributed by atoms with E-state index in [9.17, 15) is 9.59 Å². The van der Waals surface area contributed by atoms with Gasteiger partial charge in [0.2, 0.25) is 0 Å². The Morgan fingerprint density at radius 3 is 2.70 bits per heavy atom. The van der Waals surface area contributed by atoms with Gasteiger partial charge in [0, 0.05) is 11.5 Å². The zero-order valence-corrected chi connectivity index (χ0v) is 15.5. The molecule has 0 bridgehead atoms. The third-order valence-electron chi connectivity index (χ3n) is 5.23. The number of hydrogen-bond acceptors (Lipinski definition) is 3. The number of esters is 1. The summed E-state index contributed by atoms with van der Waals surface area (Å²) in [4.78, 5) is 24.1. The molecule has 136 valence electrons. The lowest BCUT2D eigenvalue weighted by Crippen LogP contribution is -2.18. The molecular formula is C23H19ClO3. The number of ether oxygens (including phenoxy) is 1. The van der Waals surface area contributed by atoms with Gasteiger partial charge in [0.25, 0.3) is 5.24 Å². The SMILES string of the molecule is O=C(Cl)c1ccc2c(c1)CCC[C@H]2COC(=O)c1cccc2ccccc12. The number of benzene rings is 3. The molecule has 3 nitrogen and oxygen atoms in total. The maximum absolute atomic E-state index is 12.7. The Morgan fingerprint density at radius 2 is 1.85 bits per heavy atom. The van der Waals surface area contributed by atoms with Gasteiger partial charge in [0.1, 0.15) is 0 Å². The van der Waals surface area contributed by atoms with Crippen LogP contribution in [0, 0.1) is 0 Å². The molecule has 3 aromatic carbocycles. The van der Waals surface area contributed by atoms with Gasteiger partial charge in [-0.2, -0.15) is 0 Å². The van der Waals surface area contributed by atoms with Gasteiger partial charge in [-0.25, -0.2) is 4.79 Å². The summed E-state index contributed by atoms with van der Waals surface area (Å²) in [5, 5.41) is 1.48. The molecule has 0 heterocycles. The van der Waals surface area contributed by atoms with Crippen LogP contribution in [0.3, 0.4) is 0 Å². The van der Waals surface area contributed by atoms with E-state index in [1.54, 1.807) is 12.1 Å². The van der Waals surface area contributed by atoms with Crippen LogP contribution in [0.2, 0.25) is 0 Å². The van der Waals surface area contributed by atoms with Crippen molar-refractivity contribution in [2.24, 2.45) is 0 Å². The zero-order chi connectivity index (χ0) is 18.8.